The van der Waals surface area contributed by atoms with E-state index in [4.69, 9.17) is 0 Å². The van der Waals surface area contributed by atoms with Crippen molar-refractivity contribution in [3.63, 3.8) is 0 Å². The van der Waals surface area contributed by atoms with Crippen LogP contribution in [0.25, 0.3) is 5.57 Å². The largest absolute Gasteiger partial charge is 0.299 e. The van der Waals surface area contributed by atoms with Crippen LogP contribution in [0.3, 0.4) is 0 Å². The molecule has 3 rings (SSSR count). The highest BCUT2D eigenvalue weighted by Crippen LogP contribution is 2.41. The van der Waals surface area contributed by atoms with E-state index < -0.39 is 11.8 Å². The van der Waals surface area contributed by atoms with Gasteiger partial charge in [0, 0.05) is 17.6 Å². The Morgan fingerprint density at radius 1 is 1.05 bits per heavy atom. The molecule has 2 atom stereocenters. The van der Waals surface area contributed by atoms with Gasteiger partial charge in [-0.05, 0) is 18.1 Å². The van der Waals surface area contributed by atoms with Crippen molar-refractivity contribution in [3.8, 4) is 0 Å². The summed E-state index contributed by atoms with van der Waals surface area (Å²) in [6.45, 7) is 5.59. The number of allylic oxidation sites excluding steroid dienone is 3. The smallest absolute Gasteiger partial charge is 0.175 e. The summed E-state index contributed by atoms with van der Waals surface area (Å²) < 4.78 is 0. The summed E-state index contributed by atoms with van der Waals surface area (Å²) in [6.07, 6.45) is 1.82. The first-order chi connectivity index (χ1) is 9.52. The Morgan fingerprint density at radius 3 is 2.35 bits per heavy atom. The molecule has 0 aliphatic heterocycles. The maximum atomic E-state index is 12.5. The monoisotopic (exact) mass is 266 g/mol. The number of hydrogen-bond donors (Lipinski definition) is 0. The van der Waals surface area contributed by atoms with Gasteiger partial charge >= 0.3 is 0 Å². The summed E-state index contributed by atoms with van der Waals surface area (Å²) in [5.41, 5.74) is 2.51. The summed E-state index contributed by atoms with van der Waals surface area (Å²) in [5.74, 6) is -1.69. The van der Waals surface area contributed by atoms with Gasteiger partial charge in [-0.15, -0.1) is 0 Å². The molecule has 3 nitrogen and oxygen atoms in total. The van der Waals surface area contributed by atoms with Gasteiger partial charge in [-0.1, -0.05) is 36.9 Å². The molecule has 2 aliphatic rings. The second-order valence-corrected chi connectivity index (χ2v) is 5.28. The first-order valence-corrected chi connectivity index (χ1v) is 6.61. The number of benzene rings is 1. The molecular weight excluding hydrogens is 252 g/mol. The standard InChI is InChI=1S/C17H14O3/c1-9-11-5-3-4-6-12(11)17(20)15(9)13-7-8-14(18)10(2)16(13)19/h3-7,10,15H,1,8H2,2H3. The Bertz CT molecular complexity index is 659. The molecule has 0 saturated carbocycles. The van der Waals surface area contributed by atoms with Gasteiger partial charge in [-0.25, -0.2) is 0 Å². The molecule has 0 heterocycles. The average molecular weight is 266 g/mol. The first-order valence-electron chi connectivity index (χ1n) is 6.61. The summed E-state index contributed by atoms with van der Waals surface area (Å²) >= 11 is 0. The fourth-order valence-electron chi connectivity index (χ4n) is 2.92. The molecule has 100 valence electrons. The van der Waals surface area contributed by atoms with Gasteiger partial charge in [0.05, 0.1) is 11.8 Å². The molecule has 0 amide bonds. The molecule has 0 fully saturated rings. The third-order valence-electron chi connectivity index (χ3n) is 4.14. The number of fused-ring (bicyclic) bond motifs is 1. The molecule has 0 spiro atoms. The molecular formula is C17H14O3. The fraction of sp³-hybridized carbons (Fsp3) is 0.235. The lowest BCUT2D eigenvalue weighted by Gasteiger charge is -2.21. The number of Topliss-reactive ketones (excluding diaryl/α,β-unsaturated/α-hetero) is 3. The Hall–Kier alpha value is -2.29. The van der Waals surface area contributed by atoms with Gasteiger partial charge < -0.3 is 0 Å². The number of carbonyl (C=O) groups excluding carboxylic acids is 3. The SMILES string of the molecule is C=C1c2ccccc2C(=O)C1C1=CCC(=O)C(C)C1=O. The minimum atomic E-state index is -0.653. The maximum Gasteiger partial charge on any atom is 0.175 e. The second kappa shape index (κ2) is 4.37. The van der Waals surface area contributed by atoms with Gasteiger partial charge in [-0.2, -0.15) is 0 Å². The Morgan fingerprint density at radius 2 is 1.70 bits per heavy atom. The molecule has 0 radical (unpaired) electrons. The zero-order valence-corrected chi connectivity index (χ0v) is 11.2. The van der Waals surface area contributed by atoms with E-state index >= 15 is 0 Å². The molecule has 20 heavy (non-hydrogen) atoms. The highest BCUT2D eigenvalue weighted by molar-refractivity contribution is 6.23. The van der Waals surface area contributed by atoms with Crippen molar-refractivity contribution < 1.29 is 14.4 Å². The topological polar surface area (TPSA) is 51.2 Å². The zero-order chi connectivity index (χ0) is 14.4. The van der Waals surface area contributed by atoms with Crippen molar-refractivity contribution in [1.82, 2.24) is 0 Å². The molecule has 3 heteroatoms. The van der Waals surface area contributed by atoms with Crippen molar-refractivity contribution in [2.45, 2.75) is 13.3 Å². The number of carbonyl (C=O) groups is 3. The average Bonchev–Trinajstić information content (AvgIpc) is 2.70. The molecule has 0 saturated heterocycles. The van der Waals surface area contributed by atoms with E-state index in [0.29, 0.717) is 16.7 Å². The third kappa shape index (κ3) is 1.63. The lowest BCUT2D eigenvalue weighted by molar-refractivity contribution is -0.130. The molecule has 0 aromatic heterocycles. The van der Waals surface area contributed by atoms with E-state index in [1.165, 1.54) is 0 Å². The number of hydrogen-bond acceptors (Lipinski definition) is 3. The van der Waals surface area contributed by atoms with Gasteiger partial charge in [-0.3, -0.25) is 14.4 Å². The predicted octanol–water partition coefficient (Wildman–Crippen LogP) is 2.62. The van der Waals surface area contributed by atoms with E-state index in [1.54, 1.807) is 25.1 Å². The highest BCUT2D eigenvalue weighted by Gasteiger charge is 2.41. The lowest BCUT2D eigenvalue weighted by atomic mass is 9.79. The lowest BCUT2D eigenvalue weighted by Crippen LogP contribution is -2.31. The maximum absolute atomic E-state index is 12.5. The van der Waals surface area contributed by atoms with E-state index in [-0.39, 0.29) is 23.8 Å². The van der Waals surface area contributed by atoms with Crippen molar-refractivity contribution in [1.29, 1.82) is 0 Å². The predicted molar refractivity (Wildman–Crippen MR) is 75.2 cm³/mol. The van der Waals surface area contributed by atoms with Gasteiger partial charge in [0.25, 0.3) is 0 Å². The molecule has 2 unspecified atom stereocenters. The van der Waals surface area contributed by atoms with Crippen LogP contribution in [-0.2, 0) is 9.59 Å². The Labute approximate surface area is 117 Å². The fourth-order valence-corrected chi connectivity index (χ4v) is 2.92. The molecule has 1 aromatic rings. The quantitative estimate of drug-likeness (QED) is 0.734. The van der Waals surface area contributed by atoms with Crippen LogP contribution in [0.4, 0.5) is 0 Å². The number of ketones is 3. The van der Waals surface area contributed by atoms with Crippen molar-refractivity contribution in [3.05, 3.63) is 53.6 Å². The Kier molecular flexibility index (Phi) is 2.78. The second-order valence-electron chi connectivity index (χ2n) is 5.28. The normalized spacial score (nSPS) is 25.8. The van der Waals surface area contributed by atoms with Crippen LogP contribution in [0.5, 0.6) is 0 Å². The van der Waals surface area contributed by atoms with Crippen LogP contribution in [0, 0.1) is 11.8 Å². The van der Waals surface area contributed by atoms with E-state index in [9.17, 15) is 14.4 Å². The van der Waals surface area contributed by atoms with Crippen LogP contribution < -0.4 is 0 Å². The van der Waals surface area contributed by atoms with Gasteiger partial charge in [0.15, 0.2) is 11.6 Å². The summed E-state index contributed by atoms with van der Waals surface area (Å²) in [7, 11) is 0. The van der Waals surface area contributed by atoms with Crippen LogP contribution in [0.1, 0.15) is 29.3 Å². The molecule has 0 N–H and O–H groups in total. The van der Waals surface area contributed by atoms with E-state index in [2.05, 4.69) is 6.58 Å². The zero-order valence-electron chi connectivity index (χ0n) is 11.2. The van der Waals surface area contributed by atoms with Gasteiger partial charge in [0.2, 0.25) is 0 Å². The van der Waals surface area contributed by atoms with Crippen LogP contribution in [0.15, 0.2) is 42.5 Å². The highest BCUT2D eigenvalue weighted by atomic mass is 16.2. The van der Waals surface area contributed by atoms with Crippen LogP contribution in [0.2, 0.25) is 0 Å². The van der Waals surface area contributed by atoms with Gasteiger partial charge in [0.1, 0.15) is 5.78 Å². The number of rotatable bonds is 1. The van der Waals surface area contributed by atoms with Crippen molar-refractivity contribution >= 4 is 22.9 Å². The van der Waals surface area contributed by atoms with Crippen LogP contribution in [-0.4, -0.2) is 17.3 Å². The van der Waals surface area contributed by atoms with Crippen LogP contribution >= 0.6 is 0 Å². The Balaban J connectivity index is 2.06. The minimum Gasteiger partial charge on any atom is -0.299 e. The molecule has 0 bridgehead atoms. The van der Waals surface area contributed by atoms with E-state index in [1.807, 2.05) is 12.1 Å². The van der Waals surface area contributed by atoms with Crippen molar-refractivity contribution in [2.24, 2.45) is 11.8 Å². The van der Waals surface area contributed by atoms with Crippen molar-refractivity contribution in [2.75, 3.05) is 0 Å². The summed E-state index contributed by atoms with van der Waals surface area (Å²) in [4.78, 5) is 36.4. The van der Waals surface area contributed by atoms with E-state index in [0.717, 1.165) is 5.56 Å². The minimum absolute atomic E-state index is 0.0904. The molecule has 2 aliphatic carbocycles. The molecule has 1 aromatic carbocycles. The summed E-state index contributed by atoms with van der Waals surface area (Å²) in [6, 6.07) is 7.25. The first kappa shape index (κ1) is 12.7. The summed E-state index contributed by atoms with van der Waals surface area (Å²) in [5, 5.41) is 0. The third-order valence-corrected chi connectivity index (χ3v) is 4.14.